The molecular weight excluding hydrogens is 192 g/mol. The number of rotatable bonds is 6. The lowest BCUT2D eigenvalue weighted by molar-refractivity contribution is -0.123. The fraction of sp³-hybridized carbons (Fsp3) is 0.909. The van der Waals surface area contributed by atoms with E-state index < -0.39 is 5.54 Å². The van der Waals surface area contributed by atoms with Crippen LogP contribution < -0.4 is 11.1 Å². The maximum atomic E-state index is 11.0. The normalized spacial score (nSPS) is 21.9. The molecule has 1 aliphatic rings. The van der Waals surface area contributed by atoms with Crippen molar-refractivity contribution in [2.24, 2.45) is 5.73 Å². The molecule has 0 saturated carbocycles. The quantitative estimate of drug-likeness (QED) is 0.643. The summed E-state index contributed by atoms with van der Waals surface area (Å²) in [6.07, 6.45) is 4.90. The highest BCUT2D eigenvalue weighted by molar-refractivity contribution is 5.83. The third kappa shape index (κ3) is 4.18. The van der Waals surface area contributed by atoms with Crippen LogP contribution in [0.25, 0.3) is 0 Å². The van der Waals surface area contributed by atoms with Gasteiger partial charge < -0.3 is 15.8 Å². The molecule has 0 aromatic heterocycles. The molecule has 15 heavy (non-hydrogen) atoms. The predicted molar refractivity (Wildman–Crippen MR) is 59.5 cm³/mol. The number of carbonyl (C=O) groups excluding carboxylic acids is 1. The van der Waals surface area contributed by atoms with Gasteiger partial charge in [0, 0.05) is 6.61 Å². The third-order valence-corrected chi connectivity index (χ3v) is 2.91. The second-order valence-electron chi connectivity index (χ2n) is 4.69. The lowest BCUT2D eigenvalue weighted by Gasteiger charge is -2.22. The highest BCUT2D eigenvalue weighted by Gasteiger charge is 2.23. The van der Waals surface area contributed by atoms with Crippen molar-refractivity contribution in [2.75, 3.05) is 13.2 Å². The molecule has 1 amide bonds. The van der Waals surface area contributed by atoms with Crippen LogP contribution in [0.1, 0.15) is 39.5 Å². The van der Waals surface area contributed by atoms with Crippen molar-refractivity contribution < 1.29 is 9.53 Å². The van der Waals surface area contributed by atoms with Crippen molar-refractivity contribution in [3.63, 3.8) is 0 Å². The minimum atomic E-state index is -0.601. The topological polar surface area (TPSA) is 64.3 Å². The minimum absolute atomic E-state index is 0.306. The Labute approximate surface area is 91.5 Å². The van der Waals surface area contributed by atoms with Crippen molar-refractivity contribution in [1.29, 1.82) is 0 Å². The van der Waals surface area contributed by atoms with Gasteiger partial charge in [0.25, 0.3) is 0 Å². The average molecular weight is 214 g/mol. The van der Waals surface area contributed by atoms with Gasteiger partial charge in [-0.3, -0.25) is 4.79 Å². The summed E-state index contributed by atoms with van der Waals surface area (Å²) < 4.78 is 5.51. The number of nitrogens with two attached hydrogens (primary N) is 1. The summed E-state index contributed by atoms with van der Waals surface area (Å²) in [5, 5.41) is 3.15. The van der Waals surface area contributed by atoms with Gasteiger partial charge in [-0.15, -0.1) is 0 Å². The molecule has 1 heterocycles. The Bertz CT molecular complexity index is 211. The number of nitrogens with one attached hydrogen (secondary N) is 1. The van der Waals surface area contributed by atoms with E-state index in [1.165, 1.54) is 12.8 Å². The van der Waals surface area contributed by atoms with E-state index in [4.69, 9.17) is 10.5 Å². The van der Waals surface area contributed by atoms with E-state index in [0.29, 0.717) is 6.10 Å². The number of primary amides is 1. The molecule has 0 aromatic rings. The van der Waals surface area contributed by atoms with Crippen LogP contribution in [0.3, 0.4) is 0 Å². The van der Waals surface area contributed by atoms with E-state index in [-0.39, 0.29) is 5.91 Å². The van der Waals surface area contributed by atoms with Gasteiger partial charge in [0.1, 0.15) is 0 Å². The molecule has 0 aliphatic carbocycles. The Morgan fingerprint density at radius 3 is 2.87 bits per heavy atom. The van der Waals surface area contributed by atoms with Crippen molar-refractivity contribution in [3.8, 4) is 0 Å². The van der Waals surface area contributed by atoms with Crippen LogP contribution in [0.2, 0.25) is 0 Å². The Morgan fingerprint density at radius 2 is 2.33 bits per heavy atom. The smallest absolute Gasteiger partial charge is 0.237 e. The van der Waals surface area contributed by atoms with Crippen LogP contribution >= 0.6 is 0 Å². The SMILES string of the molecule is CC(C)(NCCCC1CCCO1)C(N)=O. The summed E-state index contributed by atoms with van der Waals surface area (Å²) in [6, 6.07) is 0. The summed E-state index contributed by atoms with van der Waals surface area (Å²) in [7, 11) is 0. The van der Waals surface area contributed by atoms with Gasteiger partial charge in [-0.25, -0.2) is 0 Å². The molecule has 1 unspecified atom stereocenters. The van der Waals surface area contributed by atoms with E-state index in [9.17, 15) is 4.79 Å². The van der Waals surface area contributed by atoms with Gasteiger partial charge in [-0.1, -0.05) is 0 Å². The zero-order valence-electron chi connectivity index (χ0n) is 9.71. The van der Waals surface area contributed by atoms with E-state index in [1.807, 2.05) is 0 Å². The zero-order valence-corrected chi connectivity index (χ0v) is 9.71. The first kappa shape index (κ1) is 12.5. The molecule has 1 aliphatic heterocycles. The number of ether oxygens (including phenoxy) is 1. The molecule has 1 fully saturated rings. The predicted octanol–water partition coefficient (Wildman–Crippen LogP) is 0.799. The van der Waals surface area contributed by atoms with Crippen LogP contribution in [0.15, 0.2) is 0 Å². The van der Waals surface area contributed by atoms with Crippen molar-refractivity contribution in [1.82, 2.24) is 5.32 Å². The maximum absolute atomic E-state index is 11.0. The second kappa shape index (κ2) is 5.47. The Hall–Kier alpha value is -0.610. The fourth-order valence-electron chi connectivity index (χ4n) is 1.69. The second-order valence-corrected chi connectivity index (χ2v) is 4.69. The molecule has 4 heteroatoms. The Balaban J connectivity index is 2.08. The molecule has 1 atom stereocenters. The maximum Gasteiger partial charge on any atom is 0.237 e. The molecule has 4 nitrogen and oxygen atoms in total. The van der Waals surface area contributed by atoms with Crippen LogP contribution in [0, 0.1) is 0 Å². The first-order chi connectivity index (χ1) is 7.02. The van der Waals surface area contributed by atoms with E-state index in [1.54, 1.807) is 13.8 Å². The van der Waals surface area contributed by atoms with E-state index in [0.717, 1.165) is 26.0 Å². The van der Waals surface area contributed by atoms with E-state index >= 15 is 0 Å². The molecular formula is C11H22N2O2. The van der Waals surface area contributed by atoms with Gasteiger partial charge in [0.15, 0.2) is 0 Å². The fourth-order valence-corrected chi connectivity index (χ4v) is 1.69. The molecule has 0 radical (unpaired) electrons. The lowest BCUT2D eigenvalue weighted by atomic mass is 10.0. The monoisotopic (exact) mass is 214 g/mol. The Morgan fingerprint density at radius 1 is 1.60 bits per heavy atom. The van der Waals surface area contributed by atoms with Gasteiger partial charge in [-0.05, 0) is 46.1 Å². The minimum Gasteiger partial charge on any atom is -0.378 e. The van der Waals surface area contributed by atoms with Crippen LogP contribution in [0.5, 0.6) is 0 Å². The summed E-state index contributed by atoms with van der Waals surface area (Å²) in [5.41, 5.74) is 4.65. The van der Waals surface area contributed by atoms with E-state index in [2.05, 4.69) is 5.32 Å². The number of carbonyl (C=O) groups is 1. The lowest BCUT2D eigenvalue weighted by Crippen LogP contribution is -2.50. The number of hydrogen-bond donors (Lipinski definition) is 2. The number of hydrogen-bond acceptors (Lipinski definition) is 3. The summed E-state index contributed by atoms with van der Waals surface area (Å²) in [5.74, 6) is -0.306. The van der Waals surface area contributed by atoms with Crippen molar-refractivity contribution in [2.45, 2.75) is 51.2 Å². The van der Waals surface area contributed by atoms with Crippen molar-refractivity contribution >= 4 is 5.91 Å². The highest BCUT2D eigenvalue weighted by Crippen LogP contribution is 2.16. The van der Waals surface area contributed by atoms with Crippen LogP contribution in [-0.2, 0) is 9.53 Å². The highest BCUT2D eigenvalue weighted by atomic mass is 16.5. The van der Waals surface area contributed by atoms with Gasteiger partial charge in [-0.2, -0.15) is 0 Å². The molecule has 1 saturated heterocycles. The van der Waals surface area contributed by atoms with Crippen LogP contribution in [0.4, 0.5) is 0 Å². The first-order valence-electron chi connectivity index (χ1n) is 5.69. The Kier molecular flexibility index (Phi) is 4.54. The molecule has 3 N–H and O–H groups in total. The first-order valence-corrected chi connectivity index (χ1v) is 5.69. The van der Waals surface area contributed by atoms with Crippen LogP contribution in [-0.4, -0.2) is 30.7 Å². The zero-order chi connectivity index (χ0) is 11.3. The largest absolute Gasteiger partial charge is 0.378 e. The average Bonchev–Trinajstić information content (AvgIpc) is 2.64. The molecule has 0 spiro atoms. The summed E-state index contributed by atoms with van der Waals surface area (Å²) in [4.78, 5) is 11.0. The van der Waals surface area contributed by atoms with Gasteiger partial charge in [0.2, 0.25) is 5.91 Å². The summed E-state index contributed by atoms with van der Waals surface area (Å²) in [6.45, 7) is 5.34. The van der Waals surface area contributed by atoms with Crippen molar-refractivity contribution in [3.05, 3.63) is 0 Å². The standard InChI is InChI=1S/C11H22N2O2/c1-11(2,10(12)14)13-7-3-5-9-6-4-8-15-9/h9,13H,3-8H2,1-2H3,(H2,12,14). The molecule has 1 rings (SSSR count). The molecule has 0 bridgehead atoms. The van der Waals surface area contributed by atoms with Gasteiger partial charge >= 0.3 is 0 Å². The molecule has 0 aromatic carbocycles. The molecule has 88 valence electrons. The third-order valence-electron chi connectivity index (χ3n) is 2.91. The summed E-state index contributed by atoms with van der Waals surface area (Å²) >= 11 is 0. The number of amides is 1. The van der Waals surface area contributed by atoms with Gasteiger partial charge in [0.05, 0.1) is 11.6 Å².